The van der Waals surface area contributed by atoms with Crippen LogP contribution in [0.3, 0.4) is 0 Å². The lowest BCUT2D eigenvalue weighted by molar-refractivity contribution is -0.144. The third-order valence-electron chi connectivity index (χ3n) is 1.28. The van der Waals surface area contributed by atoms with Gasteiger partial charge in [0, 0.05) is 11.3 Å². The largest absolute Gasteiger partial charge is 0.465 e. The third-order valence-corrected chi connectivity index (χ3v) is 1.28. The molecule has 70 valence electrons. The molecule has 0 spiro atoms. The zero-order valence-electron chi connectivity index (χ0n) is 7.43. The van der Waals surface area contributed by atoms with Crippen LogP contribution < -0.4 is 0 Å². The summed E-state index contributed by atoms with van der Waals surface area (Å²) < 4.78 is 4.76. The molecule has 5 heteroatoms. The van der Waals surface area contributed by atoms with Gasteiger partial charge in [-0.15, -0.1) is 12.3 Å². The van der Waals surface area contributed by atoms with Gasteiger partial charge in [-0.2, -0.15) is 0 Å². The van der Waals surface area contributed by atoms with Gasteiger partial charge in [-0.25, -0.2) is 0 Å². The fraction of sp³-hybridized carbons (Fsp3) is 0.625. The van der Waals surface area contributed by atoms with E-state index in [1.54, 1.807) is 0 Å². The Morgan fingerprint density at radius 2 is 2.54 bits per heavy atom. The standard InChI is InChI=1S/C8H11N3O2/c1-3-4-5-6-13-8(12)7(2)10-11-9/h1,7H,4-6H2,2H3. The predicted octanol–water partition coefficient (Wildman–Crippen LogP) is 1.64. The Morgan fingerprint density at radius 1 is 1.85 bits per heavy atom. The Labute approximate surface area is 76.7 Å². The normalized spacial score (nSPS) is 10.8. The van der Waals surface area contributed by atoms with E-state index in [1.165, 1.54) is 6.92 Å². The Bertz CT molecular complexity index is 251. The molecular formula is C8H11N3O2. The molecule has 0 N–H and O–H groups in total. The lowest BCUT2D eigenvalue weighted by Crippen LogP contribution is -2.17. The van der Waals surface area contributed by atoms with Gasteiger partial charge in [0.05, 0.1) is 6.61 Å². The van der Waals surface area contributed by atoms with Crippen LogP contribution in [0.2, 0.25) is 0 Å². The topological polar surface area (TPSA) is 75.1 Å². The molecule has 0 aliphatic heterocycles. The molecule has 0 aromatic carbocycles. The molecule has 0 aliphatic rings. The summed E-state index contributed by atoms with van der Waals surface area (Å²) in [5, 5.41) is 3.19. The number of carbonyl (C=O) groups is 1. The molecule has 0 bridgehead atoms. The number of carbonyl (C=O) groups excluding carboxylic acids is 1. The van der Waals surface area contributed by atoms with E-state index in [4.69, 9.17) is 16.7 Å². The maximum absolute atomic E-state index is 11.0. The van der Waals surface area contributed by atoms with Crippen LogP contribution in [0, 0.1) is 12.3 Å². The Kier molecular flexibility index (Phi) is 6.12. The summed E-state index contributed by atoms with van der Waals surface area (Å²) in [6.45, 7) is 1.75. The van der Waals surface area contributed by atoms with E-state index < -0.39 is 12.0 Å². The number of azide groups is 1. The summed E-state index contributed by atoms with van der Waals surface area (Å²) in [5.41, 5.74) is 8.02. The van der Waals surface area contributed by atoms with Crippen molar-refractivity contribution in [3.63, 3.8) is 0 Å². The van der Waals surface area contributed by atoms with Gasteiger partial charge in [0.25, 0.3) is 0 Å². The summed E-state index contributed by atoms with van der Waals surface area (Å²) in [6, 6.07) is -0.768. The highest BCUT2D eigenvalue weighted by Gasteiger charge is 2.10. The van der Waals surface area contributed by atoms with E-state index in [9.17, 15) is 4.79 Å². The second kappa shape index (κ2) is 7.01. The van der Waals surface area contributed by atoms with Gasteiger partial charge in [-0.05, 0) is 18.9 Å². The quantitative estimate of drug-likeness (QED) is 0.161. The molecular weight excluding hydrogens is 170 g/mol. The fourth-order valence-corrected chi connectivity index (χ4v) is 0.592. The highest BCUT2D eigenvalue weighted by atomic mass is 16.5. The van der Waals surface area contributed by atoms with Crippen LogP contribution in [0.4, 0.5) is 0 Å². The van der Waals surface area contributed by atoms with E-state index >= 15 is 0 Å². The van der Waals surface area contributed by atoms with E-state index in [-0.39, 0.29) is 6.61 Å². The van der Waals surface area contributed by atoms with Gasteiger partial charge in [0.15, 0.2) is 0 Å². The predicted molar refractivity (Wildman–Crippen MR) is 47.6 cm³/mol. The minimum atomic E-state index is -0.768. The Hall–Kier alpha value is -1.66. The van der Waals surface area contributed by atoms with Crippen LogP contribution in [-0.4, -0.2) is 18.6 Å². The molecule has 5 nitrogen and oxygen atoms in total. The number of terminal acetylenes is 1. The molecule has 0 aliphatic carbocycles. The number of unbranched alkanes of at least 4 members (excludes halogenated alkanes) is 1. The molecule has 0 heterocycles. The summed E-state index contributed by atoms with van der Waals surface area (Å²) >= 11 is 0. The maximum Gasteiger partial charge on any atom is 0.314 e. The van der Waals surface area contributed by atoms with Crippen molar-refractivity contribution in [3.05, 3.63) is 10.4 Å². The van der Waals surface area contributed by atoms with Crippen molar-refractivity contribution in [2.24, 2.45) is 5.11 Å². The number of esters is 1. The Morgan fingerprint density at radius 3 is 3.08 bits per heavy atom. The van der Waals surface area contributed by atoms with Crippen LogP contribution in [0.5, 0.6) is 0 Å². The lowest BCUT2D eigenvalue weighted by Gasteiger charge is -2.04. The van der Waals surface area contributed by atoms with Gasteiger partial charge in [0.1, 0.15) is 6.04 Å². The van der Waals surface area contributed by atoms with Crippen LogP contribution in [-0.2, 0) is 9.53 Å². The molecule has 0 fully saturated rings. The molecule has 1 unspecified atom stereocenters. The summed E-state index contributed by atoms with van der Waals surface area (Å²) in [5.74, 6) is 1.90. The average molecular weight is 181 g/mol. The van der Waals surface area contributed by atoms with Crippen molar-refractivity contribution in [1.82, 2.24) is 0 Å². The first-order valence-corrected chi connectivity index (χ1v) is 3.86. The highest BCUT2D eigenvalue weighted by Crippen LogP contribution is 1.96. The van der Waals surface area contributed by atoms with Crippen LogP contribution >= 0.6 is 0 Å². The van der Waals surface area contributed by atoms with Gasteiger partial charge in [-0.3, -0.25) is 4.79 Å². The summed E-state index contributed by atoms with van der Waals surface area (Å²) in [7, 11) is 0. The Balaban J connectivity index is 3.63. The monoisotopic (exact) mass is 181 g/mol. The van der Waals surface area contributed by atoms with Crippen LogP contribution in [0.25, 0.3) is 10.4 Å². The molecule has 0 saturated carbocycles. The van der Waals surface area contributed by atoms with Crippen molar-refractivity contribution >= 4 is 5.97 Å². The van der Waals surface area contributed by atoms with Crippen LogP contribution in [0.1, 0.15) is 19.8 Å². The molecule has 0 rings (SSSR count). The summed E-state index contributed by atoms with van der Waals surface area (Å²) in [6.07, 6.45) is 6.20. The van der Waals surface area contributed by atoms with Gasteiger partial charge in [0.2, 0.25) is 0 Å². The van der Waals surface area contributed by atoms with Gasteiger partial charge in [-0.1, -0.05) is 5.11 Å². The zero-order chi connectivity index (χ0) is 10.1. The van der Waals surface area contributed by atoms with E-state index in [1.807, 2.05) is 0 Å². The van der Waals surface area contributed by atoms with Crippen molar-refractivity contribution in [1.29, 1.82) is 0 Å². The summed E-state index contributed by atoms with van der Waals surface area (Å²) in [4.78, 5) is 13.5. The number of hydrogen-bond acceptors (Lipinski definition) is 3. The first kappa shape index (κ1) is 11.3. The van der Waals surface area contributed by atoms with Crippen molar-refractivity contribution in [2.45, 2.75) is 25.8 Å². The maximum atomic E-state index is 11.0. The first-order valence-electron chi connectivity index (χ1n) is 3.86. The molecule has 1 atom stereocenters. The number of ether oxygens (including phenoxy) is 1. The van der Waals surface area contributed by atoms with Crippen molar-refractivity contribution in [2.75, 3.05) is 6.61 Å². The van der Waals surface area contributed by atoms with E-state index in [0.29, 0.717) is 12.8 Å². The molecule has 13 heavy (non-hydrogen) atoms. The minimum absolute atomic E-state index is 0.272. The second-order valence-electron chi connectivity index (χ2n) is 2.36. The minimum Gasteiger partial charge on any atom is -0.465 e. The first-order chi connectivity index (χ1) is 6.22. The average Bonchev–Trinajstić information content (AvgIpc) is 2.12. The lowest BCUT2D eigenvalue weighted by atomic mass is 10.3. The second-order valence-corrected chi connectivity index (χ2v) is 2.36. The number of nitrogens with zero attached hydrogens (tertiary/aromatic N) is 3. The zero-order valence-corrected chi connectivity index (χ0v) is 7.43. The third kappa shape index (κ3) is 5.59. The van der Waals surface area contributed by atoms with Gasteiger partial charge >= 0.3 is 5.97 Å². The van der Waals surface area contributed by atoms with Crippen molar-refractivity contribution < 1.29 is 9.53 Å². The molecule has 0 aromatic heterocycles. The van der Waals surface area contributed by atoms with E-state index in [0.717, 1.165) is 0 Å². The molecule has 0 saturated heterocycles. The number of hydrogen-bond donors (Lipinski definition) is 0. The smallest absolute Gasteiger partial charge is 0.314 e. The van der Waals surface area contributed by atoms with Crippen LogP contribution in [0.15, 0.2) is 5.11 Å². The van der Waals surface area contributed by atoms with E-state index in [2.05, 4.69) is 15.9 Å². The molecule has 0 amide bonds. The van der Waals surface area contributed by atoms with Crippen molar-refractivity contribution in [3.8, 4) is 12.3 Å². The SMILES string of the molecule is C#CCCCOC(=O)C(C)N=[N+]=[N-]. The molecule has 0 aromatic rings. The number of rotatable bonds is 5. The highest BCUT2D eigenvalue weighted by molar-refractivity contribution is 5.75. The fourth-order valence-electron chi connectivity index (χ4n) is 0.592. The van der Waals surface area contributed by atoms with Gasteiger partial charge < -0.3 is 4.74 Å². The molecule has 0 radical (unpaired) electrons.